The van der Waals surface area contributed by atoms with Crippen LogP contribution in [0.4, 0.5) is 0 Å². The van der Waals surface area contributed by atoms with Gasteiger partial charge in [-0.1, -0.05) is 72.8 Å². The Hall–Kier alpha value is -3.84. The lowest BCUT2D eigenvalue weighted by molar-refractivity contribution is -0.150. The van der Waals surface area contributed by atoms with Gasteiger partial charge in [-0.2, -0.15) is 0 Å². The molecule has 0 saturated carbocycles. The zero-order valence-corrected chi connectivity index (χ0v) is 25.7. The smallest absolute Gasteiger partial charge is 0.352 e. The van der Waals surface area contributed by atoms with Crippen LogP contribution in [-0.4, -0.2) is 56.9 Å². The second-order valence-corrected chi connectivity index (χ2v) is 15.9. The molecule has 0 aromatic heterocycles. The average Bonchev–Trinajstić information content (AvgIpc) is 3.06. The number of thioether (sulfide) groups is 2. The molecule has 4 aromatic carbocycles. The number of fused-ring (bicyclic) bond motifs is 1. The lowest BCUT2D eigenvalue weighted by atomic mass is 10.0. The Kier molecular flexibility index (Phi) is 8.70. The Morgan fingerprint density at radius 3 is 1.79 bits per heavy atom. The van der Waals surface area contributed by atoms with E-state index >= 15 is 0 Å². The minimum atomic E-state index is -2.36. The van der Waals surface area contributed by atoms with Gasteiger partial charge in [-0.05, 0) is 48.5 Å². The highest BCUT2D eigenvalue weighted by molar-refractivity contribution is 8.00. The number of β-lactam (4-membered cyclic amide) rings is 1. The van der Waals surface area contributed by atoms with E-state index in [-0.39, 0.29) is 23.3 Å². The van der Waals surface area contributed by atoms with Crippen LogP contribution in [0.25, 0.3) is 0 Å². The maximum Gasteiger partial charge on any atom is 0.352 e. The molecular formula is C34H30N2O4PS2+. The molecule has 0 spiro atoms. The Morgan fingerprint density at radius 1 is 0.814 bits per heavy atom. The Balaban J connectivity index is 1.33. The van der Waals surface area contributed by atoms with Crippen molar-refractivity contribution in [1.82, 2.24) is 10.2 Å². The van der Waals surface area contributed by atoms with E-state index in [2.05, 4.69) is 41.7 Å². The first kappa shape index (κ1) is 29.2. The molecule has 2 N–H and O–H groups in total. The number of carboxylic acids is 1. The molecule has 2 aliphatic rings. The van der Waals surface area contributed by atoms with Crippen molar-refractivity contribution in [3.63, 3.8) is 0 Å². The summed E-state index contributed by atoms with van der Waals surface area (Å²) in [7, 11) is -2.36. The number of carboxylic acid groups (broad SMARTS) is 1. The number of nitrogens with zero attached hydrogens (tertiary/aromatic N) is 1. The van der Waals surface area contributed by atoms with Gasteiger partial charge in [-0.15, -0.1) is 23.5 Å². The first-order valence-electron chi connectivity index (χ1n) is 13.9. The third-order valence-electron chi connectivity index (χ3n) is 7.70. The number of hydrogen-bond donors (Lipinski definition) is 2. The minimum absolute atomic E-state index is 0.0464. The van der Waals surface area contributed by atoms with Gasteiger partial charge in [0.1, 0.15) is 40.3 Å². The van der Waals surface area contributed by atoms with Crippen molar-refractivity contribution in [2.45, 2.75) is 16.3 Å². The van der Waals surface area contributed by atoms with Gasteiger partial charge in [-0.25, -0.2) is 4.79 Å². The van der Waals surface area contributed by atoms with Crippen LogP contribution in [0.2, 0.25) is 0 Å². The highest BCUT2D eigenvalue weighted by Crippen LogP contribution is 2.58. The van der Waals surface area contributed by atoms with Crippen molar-refractivity contribution in [1.29, 1.82) is 0 Å². The fourth-order valence-electron chi connectivity index (χ4n) is 5.74. The van der Waals surface area contributed by atoms with Crippen molar-refractivity contribution in [3.8, 4) is 0 Å². The molecule has 2 atom stereocenters. The summed E-state index contributed by atoms with van der Waals surface area (Å²) in [4.78, 5) is 41.4. The largest absolute Gasteiger partial charge is 0.477 e. The highest BCUT2D eigenvalue weighted by Gasteiger charge is 2.56. The molecule has 0 radical (unpaired) electrons. The fraction of sp³-hybridized carbons (Fsp3) is 0.147. The first-order chi connectivity index (χ1) is 21.0. The maximum atomic E-state index is 13.4. The molecule has 2 heterocycles. The number of carbonyl (C=O) groups is 3. The van der Waals surface area contributed by atoms with Crippen LogP contribution in [-0.2, 0) is 14.4 Å². The molecule has 1 saturated heterocycles. The van der Waals surface area contributed by atoms with E-state index in [4.69, 9.17) is 0 Å². The summed E-state index contributed by atoms with van der Waals surface area (Å²) < 4.78 is 0. The zero-order chi connectivity index (χ0) is 29.8. The molecular weight excluding hydrogens is 595 g/mol. The van der Waals surface area contributed by atoms with E-state index in [0.29, 0.717) is 11.9 Å². The van der Waals surface area contributed by atoms with Crippen LogP contribution in [0.15, 0.2) is 137 Å². The van der Waals surface area contributed by atoms with Gasteiger partial charge < -0.3 is 10.4 Å². The molecule has 0 unspecified atom stereocenters. The molecule has 0 bridgehead atoms. The maximum absolute atomic E-state index is 13.4. The van der Waals surface area contributed by atoms with Crippen molar-refractivity contribution in [3.05, 3.63) is 133 Å². The normalized spacial score (nSPS) is 18.0. The van der Waals surface area contributed by atoms with Crippen LogP contribution < -0.4 is 21.2 Å². The second kappa shape index (κ2) is 12.8. The zero-order valence-electron chi connectivity index (χ0n) is 23.2. The number of aliphatic carboxylic acids is 1. The van der Waals surface area contributed by atoms with Crippen LogP contribution in [0.5, 0.6) is 0 Å². The number of hydrogen-bond acceptors (Lipinski definition) is 5. The number of nitrogens with one attached hydrogen (secondary N) is 1. The Bertz CT molecular complexity index is 1560. The molecule has 4 aromatic rings. The predicted molar refractivity (Wildman–Crippen MR) is 177 cm³/mol. The number of rotatable bonds is 10. The molecule has 43 heavy (non-hydrogen) atoms. The quantitative estimate of drug-likeness (QED) is 0.153. The van der Waals surface area contributed by atoms with E-state index < -0.39 is 24.6 Å². The molecule has 9 heteroatoms. The first-order valence-corrected chi connectivity index (χ1v) is 17.9. The number of benzene rings is 4. The topological polar surface area (TPSA) is 86.7 Å². The average molecular weight is 626 g/mol. The van der Waals surface area contributed by atoms with Gasteiger partial charge in [0.15, 0.2) is 0 Å². The molecule has 6 nitrogen and oxygen atoms in total. The standard InChI is InChI=1S/C34H29N2O4PS2/c37-29(23-42-28-19-11-4-12-20-28)35-30-32(38)36-31(34(39)40)24(22-43-33(30)36)21-41(25-13-5-1-6-14-25,26-15-7-2-8-16-26)27-17-9-3-10-18-27/h1-20,30,33H,21-23H2,(H-,35,37,39,40)/p+1/t30-,33-/m1/s1. The summed E-state index contributed by atoms with van der Waals surface area (Å²) >= 11 is 2.92. The number of amides is 2. The van der Waals surface area contributed by atoms with Gasteiger partial charge in [-0.3, -0.25) is 14.5 Å². The van der Waals surface area contributed by atoms with Crippen molar-refractivity contribution in [2.24, 2.45) is 0 Å². The van der Waals surface area contributed by atoms with E-state index in [9.17, 15) is 19.5 Å². The van der Waals surface area contributed by atoms with Crippen LogP contribution in [0, 0.1) is 0 Å². The van der Waals surface area contributed by atoms with E-state index in [0.717, 1.165) is 26.4 Å². The van der Waals surface area contributed by atoms with Crippen LogP contribution in [0.3, 0.4) is 0 Å². The predicted octanol–water partition coefficient (Wildman–Crippen LogP) is 4.51. The lowest BCUT2D eigenvalue weighted by Gasteiger charge is -2.49. The van der Waals surface area contributed by atoms with Crippen LogP contribution >= 0.6 is 30.8 Å². The molecule has 216 valence electrons. The van der Waals surface area contributed by atoms with Gasteiger partial charge in [0.25, 0.3) is 5.91 Å². The SMILES string of the molecule is O=C(CSc1ccccc1)N[C@@H]1C(=O)N2C(C(=O)O)=C(C[P+](c3ccccc3)(c3ccccc3)c3ccccc3)CS[C@H]12. The van der Waals surface area contributed by atoms with Crippen molar-refractivity contribution in [2.75, 3.05) is 17.7 Å². The van der Waals surface area contributed by atoms with Crippen molar-refractivity contribution < 1.29 is 19.5 Å². The third-order valence-corrected chi connectivity index (χ3v) is 14.4. The van der Waals surface area contributed by atoms with Gasteiger partial charge in [0, 0.05) is 16.2 Å². The monoisotopic (exact) mass is 625 g/mol. The molecule has 2 amide bonds. The fourth-order valence-corrected chi connectivity index (χ4v) is 12.3. The highest BCUT2D eigenvalue weighted by atomic mass is 32.2. The van der Waals surface area contributed by atoms with E-state index in [1.165, 1.54) is 28.4 Å². The van der Waals surface area contributed by atoms with Gasteiger partial charge in [0.05, 0.1) is 11.9 Å². The summed E-state index contributed by atoms with van der Waals surface area (Å²) in [5, 5.41) is 16.3. The summed E-state index contributed by atoms with van der Waals surface area (Å²) in [6.45, 7) is 0. The summed E-state index contributed by atoms with van der Waals surface area (Å²) in [5.41, 5.74) is 0.779. The summed E-state index contributed by atoms with van der Waals surface area (Å²) in [6.07, 6.45) is 0.487. The van der Waals surface area contributed by atoms with Crippen molar-refractivity contribution >= 4 is 64.5 Å². The molecule has 0 aliphatic carbocycles. The van der Waals surface area contributed by atoms with E-state index in [1.54, 1.807) is 0 Å². The van der Waals surface area contributed by atoms with Gasteiger partial charge in [0.2, 0.25) is 5.91 Å². The number of carbonyl (C=O) groups excluding carboxylic acids is 2. The third kappa shape index (κ3) is 5.75. The summed E-state index contributed by atoms with van der Waals surface area (Å²) in [5.74, 6) is -1.12. The molecule has 1 fully saturated rings. The molecule has 2 aliphatic heterocycles. The second-order valence-electron chi connectivity index (χ2n) is 10.3. The van der Waals surface area contributed by atoms with Crippen LogP contribution in [0.1, 0.15) is 0 Å². The summed E-state index contributed by atoms with van der Waals surface area (Å²) in [6, 6.07) is 39.7. The minimum Gasteiger partial charge on any atom is -0.477 e. The Morgan fingerprint density at radius 2 is 1.30 bits per heavy atom. The molecule has 6 rings (SSSR count). The van der Waals surface area contributed by atoms with E-state index in [1.807, 2.05) is 84.9 Å². The van der Waals surface area contributed by atoms with Gasteiger partial charge >= 0.3 is 5.97 Å². The Labute approximate surface area is 259 Å². The lowest BCUT2D eigenvalue weighted by Crippen LogP contribution is -2.70.